The molecule has 1 N–H and O–H groups in total. The molecule has 5 heteroatoms. The lowest BCUT2D eigenvalue weighted by molar-refractivity contribution is 0.535. The van der Waals surface area contributed by atoms with Crippen molar-refractivity contribution in [2.45, 2.75) is 39.7 Å². The Hall–Kier alpha value is -0.940. The van der Waals surface area contributed by atoms with Crippen LogP contribution < -0.4 is 5.32 Å². The molecule has 92 valence electrons. The summed E-state index contributed by atoms with van der Waals surface area (Å²) in [7, 11) is 0. The summed E-state index contributed by atoms with van der Waals surface area (Å²) in [5.74, 6) is 1.60. The van der Waals surface area contributed by atoms with Gasteiger partial charge < -0.3 is 5.32 Å². The summed E-state index contributed by atoms with van der Waals surface area (Å²) in [6, 6.07) is 0.445. The van der Waals surface area contributed by atoms with Crippen LogP contribution in [-0.2, 0) is 12.8 Å². The Labute approximate surface area is 105 Å². The third-order valence-corrected chi connectivity index (χ3v) is 4.41. The molecule has 1 aliphatic rings. The zero-order chi connectivity index (χ0) is 12.0. The standard InChI is InChI=1S/C12H18N4S/c1-7(2)6-10-14-12-16(15-10)9-4-5-13-8(3)11(9)17-12/h7-8,13H,4-6H2,1-3H3. The van der Waals surface area contributed by atoms with Gasteiger partial charge in [0.25, 0.3) is 0 Å². The molecule has 3 heterocycles. The van der Waals surface area contributed by atoms with Crippen LogP contribution in [0.15, 0.2) is 0 Å². The van der Waals surface area contributed by atoms with Gasteiger partial charge in [-0.3, -0.25) is 0 Å². The highest BCUT2D eigenvalue weighted by molar-refractivity contribution is 7.17. The fourth-order valence-corrected chi connectivity index (χ4v) is 3.51. The monoisotopic (exact) mass is 250 g/mol. The third kappa shape index (κ3) is 1.87. The van der Waals surface area contributed by atoms with Crippen molar-refractivity contribution in [1.82, 2.24) is 19.9 Å². The maximum Gasteiger partial charge on any atom is 0.212 e. The molecule has 2 aromatic rings. The summed E-state index contributed by atoms with van der Waals surface area (Å²) in [5, 5.41) is 8.13. The number of hydrogen-bond donors (Lipinski definition) is 1. The summed E-state index contributed by atoms with van der Waals surface area (Å²) in [5.41, 5.74) is 1.36. The van der Waals surface area contributed by atoms with Gasteiger partial charge in [-0.2, -0.15) is 5.10 Å². The minimum absolute atomic E-state index is 0.445. The van der Waals surface area contributed by atoms with Gasteiger partial charge in [-0.05, 0) is 12.8 Å². The van der Waals surface area contributed by atoms with E-state index >= 15 is 0 Å². The van der Waals surface area contributed by atoms with E-state index in [1.807, 2.05) is 0 Å². The van der Waals surface area contributed by atoms with E-state index in [-0.39, 0.29) is 0 Å². The van der Waals surface area contributed by atoms with Crippen LogP contribution in [0.4, 0.5) is 0 Å². The number of fused-ring (bicyclic) bond motifs is 3. The van der Waals surface area contributed by atoms with Gasteiger partial charge in [0.15, 0.2) is 5.82 Å². The number of thiazole rings is 1. The first-order valence-corrected chi connectivity index (χ1v) is 7.07. The van der Waals surface area contributed by atoms with Crippen LogP contribution in [-0.4, -0.2) is 21.1 Å². The fraction of sp³-hybridized carbons (Fsp3) is 0.667. The van der Waals surface area contributed by atoms with Gasteiger partial charge in [0, 0.05) is 30.3 Å². The molecule has 4 nitrogen and oxygen atoms in total. The Kier molecular flexibility index (Phi) is 2.67. The Morgan fingerprint density at radius 2 is 2.35 bits per heavy atom. The second-order valence-corrected chi connectivity index (χ2v) is 6.17. The molecule has 0 fully saturated rings. The lowest BCUT2D eigenvalue weighted by Crippen LogP contribution is -2.27. The molecule has 1 unspecified atom stereocenters. The molecule has 0 aromatic carbocycles. The molecule has 0 radical (unpaired) electrons. The zero-order valence-corrected chi connectivity index (χ0v) is 11.3. The van der Waals surface area contributed by atoms with Crippen LogP contribution in [0.5, 0.6) is 0 Å². The maximum atomic E-state index is 4.65. The number of aromatic nitrogens is 3. The number of hydrogen-bond acceptors (Lipinski definition) is 4. The van der Waals surface area contributed by atoms with Gasteiger partial charge in [-0.15, -0.1) is 0 Å². The Balaban J connectivity index is 2.04. The van der Waals surface area contributed by atoms with Gasteiger partial charge in [0.2, 0.25) is 4.96 Å². The van der Waals surface area contributed by atoms with Gasteiger partial charge in [-0.1, -0.05) is 25.2 Å². The quantitative estimate of drug-likeness (QED) is 0.888. The first-order chi connectivity index (χ1) is 8.15. The molecule has 0 spiro atoms. The minimum atomic E-state index is 0.445. The number of nitrogens with one attached hydrogen (secondary N) is 1. The van der Waals surface area contributed by atoms with Crippen molar-refractivity contribution in [2.75, 3.05) is 6.54 Å². The van der Waals surface area contributed by atoms with Crippen LogP contribution >= 0.6 is 11.3 Å². The number of rotatable bonds is 2. The number of nitrogens with zero attached hydrogens (tertiary/aromatic N) is 3. The second-order valence-electron chi connectivity index (χ2n) is 5.16. The highest BCUT2D eigenvalue weighted by Crippen LogP contribution is 2.30. The van der Waals surface area contributed by atoms with Gasteiger partial charge in [0.1, 0.15) is 0 Å². The molecule has 1 aliphatic heterocycles. The zero-order valence-electron chi connectivity index (χ0n) is 10.5. The van der Waals surface area contributed by atoms with E-state index in [2.05, 4.69) is 40.7 Å². The average molecular weight is 250 g/mol. The molecule has 3 rings (SSSR count). The SMILES string of the molecule is CC(C)Cc1nc2sc3c(n2n1)CCNC3C. The van der Waals surface area contributed by atoms with Crippen molar-refractivity contribution in [3.05, 3.63) is 16.4 Å². The van der Waals surface area contributed by atoms with E-state index in [0.717, 1.165) is 30.2 Å². The first-order valence-electron chi connectivity index (χ1n) is 6.25. The molecule has 0 bridgehead atoms. The molecular weight excluding hydrogens is 232 g/mol. The second kappa shape index (κ2) is 4.07. The normalized spacial score (nSPS) is 20.1. The summed E-state index contributed by atoms with van der Waals surface area (Å²) < 4.78 is 2.06. The maximum absolute atomic E-state index is 4.65. The largest absolute Gasteiger partial charge is 0.309 e. The van der Waals surface area contributed by atoms with Crippen molar-refractivity contribution < 1.29 is 0 Å². The Morgan fingerprint density at radius 3 is 3.12 bits per heavy atom. The molecule has 17 heavy (non-hydrogen) atoms. The van der Waals surface area contributed by atoms with Crippen molar-refractivity contribution in [3.8, 4) is 0 Å². The van der Waals surface area contributed by atoms with Crippen LogP contribution in [0, 0.1) is 5.92 Å². The predicted octanol–water partition coefficient (Wildman–Crippen LogP) is 2.20. The van der Waals surface area contributed by atoms with E-state index in [9.17, 15) is 0 Å². The first kappa shape index (κ1) is 11.2. The lowest BCUT2D eigenvalue weighted by Gasteiger charge is -2.19. The summed E-state index contributed by atoms with van der Waals surface area (Å²) in [6.07, 6.45) is 2.03. The van der Waals surface area contributed by atoms with Crippen molar-refractivity contribution in [1.29, 1.82) is 0 Å². The molecular formula is C12H18N4S. The highest BCUT2D eigenvalue weighted by atomic mass is 32.1. The van der Waals surface area contributed by atoms with Crippen molar-refractivity contribution in [2.24, 2.45) is 5.92 Å². The van der Waals surface area contributed by atoms with E-state index in [4.69, 9.17) is 0 Å². The molecule has 0 aliphatic carbocycles. The lowest BCUT2D eigenvalue weighted by atomic mass is 10.1. The molecule has 2 aromatic heterocycles. The third-order valence-electron chi connectivity index (χ3n) is 3.16. The Bertz CT molecular complexity index is 540. The van der Waals surface area contributed by atoms with E-state index in [0.29, 0.717) is 12.0 Å². The average Bonchev–Trinajstić information content (AvgIpc) is 2.75. The molecule has 0 saturated carbocycles. The van der Waals surface area contributed by atoms with E-state index in [1.165, 1.54) is 10.6 Å². The summed E-state index contributed by atoms with van der Waals surface area (Å²) in [6.45, 7) is 7.66. The fourth-order valence-electron chi connectivity index (χ4n) is 2.36. The van der Waals surface area contributed by atoms with Crippen molar-refractivity contribution in [3.63, 3.8) is 0 Å². The molecule has 0 amide bonds. The Morgan fingerprint density at radius 1 is 1.53 bits per heavy atom. The summed E-state index contributed by atoms with van der Waals surface area (Å²) >= 11 is 1.78. The smallest absolute Gasteiger partial charge is 0.212 e. The molecule has 0 saturated heterocycles. The van der Waals surface area contributed by atoms with Crippen LogP contribution in [0.3, 0.4) is 0 Å². The van der Waals surface area contributed by atoms with E-state index < -0.39 is 0 Å². The molecule has 1 atom stereocenters. The van der Waals surface area contributed by atoms with E-state index in [1.54, 1.807) is 11.3 Å². The minimum Gasteiger partial charge on any atom is -0.309 e. The topological polar surface area (TPSA) is 42.2 Å². The van der Waals surface area contributed by atoms with Crippen LogP contribution in [0.1, 0.15) is 43.2 Å². The van der Waals surface area contributed by atoms with Crippen LogP contribution in [0.2, 0.25) is 0 Å². The van der Waals surface area contributed by atoms with Gasteiger partial charge in [-0.25, -0.2) is 9.50 Å². The van der Waals surface area contributed by atoms with Gasteiger partial charge >= 0.3 is 0 Å². The summed E-state index contributed by atoms with van der Waals surface area (Å²) in [4.78, 5) is 7.10. The van der Waals surface area contributed by atoms with Gasteiger partial charge in [0.05, 0.1) is 5.69 Å². The van der Waals surface area contributed by atoms with Crippen LogP contribution in [0.25, 0.3) is 4.96 Å². The predicted molar refractivity (Wildman–Crippen MR) is 69.5 cm³/mol. The van der Waals surface area contributed by atoms with Crippen molar-refractivity contribution >= 4 is 16.3 Å². The highest BCUT2D eigenvalue weighted by Gasteiger charge is 2.23.